The Bertz CT molecular complexity index is 819. The summed E-state index contributed by atoms with van der Waals surface area (Å²) >= 11 is 0. The maximum absolute atomic E-state index is 12.6. The molecule has 1 N–H and O–H groups in total. The largest absolute Gasteiger partial charge is 0.461 e. The van der Waals surface area contributed by atoms with Gasteiger partial charge < -0.3 is 19.5 Å². The van der Waals surface area contributed by atoms with Crippen LogP contribution in [-0.2, 0) is 16.1 Å². The summed E-state index contributed by atoms with van der Waals surface area (Å²) < 4.78 is 16.6. The van der Waals surface area contributed by atoms with Crippen LogP contribution in [0.5, 0.6) is 11.5 Å². The third-order valence-electron chi connectivity index (χ3n) is 7.21. The molecule has 0 bridgehead atoms. The van der Waals surface area contributed by atoms with Gasteiger partial charge in [0.05, 0.1) is 5.92 Å². The Labute approximate surface area is 166 Å². The molecule has 0 unspecified atom stereocenters. The van der Waals surface area contributed by atoms with Crippen molar-refractivity contribution in [1.29, 1.82) is 0 Å². The van der Waals surface area contributed by atoms with E-state index in [4.69, 9.17) is 14.2 Å². The Balaban J connectivity index is 1.27. The molecule has 150 valence electrons. The van der Waals surface area contributed by atoms with Crippen molar-refractivity contribution >= 4 is 5.97 Å². The molecule has 0 radical (unpaired) electrons. The zero-order valence-electron chi connectivity index (χ0n) is 16.7. The average Bonchev–Trinajstić information content (AvgIpc) is 3.24. The van der Waals surface area contributed by atoms with Crippen LogP contribution in [0, 0.1) is 23.2 Å². The molecule has 4 aliphatic rings. The van der Waals surface area contributed by atoms with Crippen LogP contribution < -0.4 is 14.8 Å². The van der Waals surface area contributed by atoms with Gasteiger partial charge in [-0.2, -0.15) is 0 Å². The van der Waals surface area contributed by atoms with Gasteiger partial charge in [-0.05, 0) is 48.3 Å². The van der Waals surface area contributed by atoms with Crippen LogP contribution in [-0.4, -0.2) is 25.4 Å². The van der Waals surface area contributed by atoms with E-state index in [9.17, 15) is 4.79 Å². The zero-order chi connectivity index (χ0) is 19.3. The van der Waals surface area contributed by atoms with E-state index in [1.807, 2.05) is 18.2 Å². The second-order valence-corrected chi connectivity index (χ2v) is 9.16. The standard InChI is InChI=1S/C23H29NO4/c1-14-4-3-7-23(2)10-21-16(9-18(14)23)17(22(25)28-21)12-24-11-15-5-6-19-20(8-15)27-13-26-19/h5-6,8-9,14,16-17,21,24H,3-4,7,10-13H2,1-2H3/t14-,16-,17+,21-,23-/m1/s1. The molecule has 5 nitrogen and oxygen atoms in total. The van der Waals surface area contributed by atoms with Gasteiger partial charge in [0.2, 0.25) is 6.79 Å². The van der Waals surface area contributed by atoms with Crippen molar-refractivity contribution in [3.63, 3.8) is 0 Å². The smallest absolute Gasteiger partial charge is 0.311 e. The summed E-state index contributed by atoms with van der Waals surface area (Å²) in [5, 5.41) is 3.46. The number of ether oxygens (including phenoxy) is 3. The molecule has 5 rings (SSSR count). The lowest BCUT2D eigenvalue weighted by Crippen LogP contribution is -2.40. The highest BCUT2D eigenvalue weighted by molar-refractivity contribution is 5.76. The number of hydrogen-bond acceptors (Lipinski definition) is 5. The van der Waals surface area contributed by atoms with Crippen LogP contribution in [0.3, 0.4) is 0 Å². The minimum Gasteiger partial charge on any atom is -0.461 e. The maximum atomic E-state index is 12.6. The van der Waals surface area contributed by atoms with Crippen molar-refractivity contribution in [2.45, 2.75) is 52.2 Å². The van der Waals surface area contributed by atoms with Gasteiger partial charge in [-0.25, -0.2) is 0 Å². The normalized spacial score (nSPS) is 35.8. The summed E-state index contributed by atoms with van der Waals surface area (Å²) in [6.45, 7) is 6.33. The summed E-state index contributed by atoms with van der Waals surface area (Å²) in [6.07, 6.45) is 7.20. The summed E-state index contributed by atoms with van der Waals surface area (Å²) in [6, 6.07) is 5.98. The minimum absolute atomic E-state index is 0.0417. The van der Waals surface area contributed by atoms with E-state index in [0.717, 1.165) is 23.5 Å². The Morgan fingerprint density at radius 1 is 1.25 bits per heavy atom. The van der Waals surface area contributed by atoms with E-state index >= 15 is 0 Å². The molecule has 1 saturated carbocycles. The average molecular weight is 383 g/mol. The van der Waals surface area contributed by atoms with E-state index in [1.165, 1.54) is 19.3 Å². The van der Waals surface area contributed by atoms with E-state index < -0.39 is 0 Å². The highest BCUT2D eigenvalue weighted by Crippen LogP contribution is 2.53. The Hall–Kier alpha value is -2.01. The first-order valence-electron chi connectivity index (χ1n) is 10.6. The van der Waals surface area contributed by atoms with E-state index in [0.29, 0.717) is 19.0 Å². The number of allylic oxidation sites excluding steroid dienone is 1. The van der Waals surface area contributed by atoms with Crippen molar-refractivity contribution in [3.05, 3.63) is 35.4 Å². The van der Waals surface area contributed by atoms with Gasteiger partial charge in [0, 0.05) is 19.0 Å². The van der Waals surface area contributed by atoms with Gasteiger partial charge in [0.1, 0.15) is 6.10 Å². The monoisotopic (exact) mass is 383 g/mol. The second kappa shape index (κ2) is 6.80. The minimum atomic E-state index is -0.0924. The second-order valence-electron chi connectivity index (χ2n) is 9.16. The maximum Gasteiger partial charge on any atom is 0.311 e. The number of nitrogens with one attached hydrogen (secondary N) is 1. The third kappa shape index (κ3) is 3.00. The lowest BCUT2D eigenvalue weighted by Gasteiger charge is -2.46. The fourth-order valence-corrected chi connectivity index (χ4v) is 5.70. The number of rotatable bonds is 4. The Kier molecular flexibility index (Phi) is 4.38. The molecule has 1 saturated heterocycles. The highest BCUT2D eigenvalue weighted by atomic mass is 16.7. The number of hydrogen-bond donors (Lipinski definition) is 1. The summed E-state index contributed by atoms with van der Waals surface area (Å²) in [5.41, 5.74) is 2.91. The first-order chi connectivity index (χ1) is 13.5. The zero-order valence-corrected chi connectivity index (χ0v) is 16.7. The van der Waals surface area contributed by atoms with Gasteiger partial charge in [-0.15, -0.1) is 0 Å². The van der Waals surface area contributed by atoms with Crippen molar-refractivity contribution in [2.24, 2.45) is 23.2 Å². The molecule has 5 atom stereocenters. The van der Waals surface area contributed by atoms with Gasteiger partial charge in [-0.3, -0.25) is 4.79 Å². The number of carbonyl (C=O) groups is 1. The Morgan fingerprint density at radius 3 is 3.00 bits per heavy atom. The molecule has 2 aliphatic heterocycles. The van der Waals surface area contributed by atoms with Crippen LogP contribution in [0.1, 0.15) is 45.1 Å². The van der Waals surface area contributed by atoms with Gasteiger partial charge in [-0.1, -0.05) is 38.0 Å². The predicted molar refractivity (Wildman–Crippen MR) is 105 cm³/mol. The molecule has 1 aromatic carbocycles. The highest BCUT2D eigenvalue weighted by Gasteiger charge is 2.51. The summed E-state index contributed by atoms with van der Waals surface area (Å²) in [4.78, 5) is 12.6. The molecule has 2 aliphatic carbocycles. The molecule has 2 heterocycles. The Morgan fingerprint density at radius 2 is 2.11 bits per heavy atom. The number of fused-ring (bicyclic) bond motifs is 3. The first kappa shape index (κ1) is 18.0. The van der Waals surface area contributed by atoms with Gasteiger partial charge >= 0.3 is 5.97 Å². The van der Waals surface area contributed by atoms with E-state index in [2.05, 4.69) is 25.2 Å². The third-order valence-corrected chi connectivity index (χ3v) is 7.21. The molecule has 5 heteroatoms. The van der Waals surface area contributed by atoms with E-state index in [-0.39, 0.29) is 36.1 Å². The number of carbonyl (C=O) groups excluding carboxylic acids is 1. The van der Waals surface area contributed by atoms with Crippen molar-refractivity contribution in [1.82, 2.24) is 5.32 Å². The molecular weight excluding hydrogens is 354 g/mol. The molecule has 0 spiro atoms. The topological polar surface area (TPSA) is 56.8 Å². The van der Waals surface area contributed by atoms with Gasteiger partial charge in [0.25, 0.3) is 0 Å². The fourth-order valence-electron chi connectivity index (χ4n) is 5.70. The molecule has 1 aromatic rings. The van der Waals surface area contributed by atoms with E-state index in [1.54, 1.807) is 5.57 Å². The molecule has 0 amide bonds. The van der Waals surface area contributed by atoms with Crippen molar-refractivity contribution < 1.29 is 19.0 Å². The van der Waals surface area contributed by atoms with Crippen LogP contribution in [0.4, 0.5) is 0 Å². The summed E-state index contributed by atoms with van der Waals surface area (Å²) in [7, 11) is 0. The van der Waals surface area contributed by atoms with Crippen LogP contribution in [0.15, 0.2) is 29.8 Å². The lowest BCUT2D eigenvalue weighted by atomic mass is 9.59. The molecular formula is C23H29NO4. The van der Waals surface area contributed by atoms with Gasteiger partial charge in [0.15, 0.2) is 11.5 Å². The molecule has 2 fully saturated rings. The van der Waals surface area contributed by atoms with Crippen molar-refractivity contribution in [3.8, 4) is 11.5 Å². The van der Waals surface area contributed by atoms with Crippen LogP contribution >= 0.6 is 0 Å². The quantitative estimate of drug-likeness (QED) is 0.633. The molecule has 28 heavy (non-hydrogen) atoms. The van der Waals surface area contributed by atoms with Crippen LogP contribution in [0.2, 0.25) is 0 Å². The number of benzene rings is 1. The SMILES string of the molecule is C[C@@H]1CCC[C@]2(C)C[C@H]3OC(=O)[C@@H](CNCc4ccc5c(c4)OCO5)[C@H]3C=C12. The number of esters is 1. The predicted octanol–water partition coefficient (Wildman–Crippen LogP) is 3.82. The van der Waals surface area contributed by atoms with Crippen molar-refractivity contribution in [2.75, 3.05) is 13.3 Å². The molecule has 0 aromatic heterocycles. The first-order valence-corrected chi connectivity index (χ1v) is 10.6. The fraction of sp³-hybridized carbons (Fsp3) is 0.609. The van der Waals surface area contributed by atoms with Crippen LogP contribution in [0.25, 0.3) is 0 Å². The lowest BCUT2D eigenvalue weighted by molar-refractivity contribution is -0.145. The summed E-state index contributed by atoms with van der Waals surface area (Å²) in [5.74, 6) is 2.29.